The molecule has 0 aliphatic heterocycles. The molecule has 0 amide bonds. The topological polar surface area (TPSA) is 76.9 Å². The summed E-state index contributed by atoms with van der Waals surface area (Å²) in [4.78, 5) is 1.47. The monoisotopic (exact) mass is 188 g/mol. The molecule has 0 aliphatic carbocycles. The quantitative estimate of drug-likeness (QED) is 0.513. The minimum atomic E-state index is -0.0784. The van der Waals surface area contributed by atoms with Crippen molar-refractivity contribution < 1.29 is 0 Å². The molecule has 72 valence electrons. The number of hydrogen-bond donors (Lipinski definition) is 2. The van der Waals surface area contributed by atoms with Crippen molar-refractivity contribution in [1.29, 1.82) is 10.7 Å². The van der Waals surface area contributed by atoms with Crippen LogP contribution < -0.4 is 10.6 Å². The van der Waals surface area contributed by atoms with Gasteiger partial charge in [-0.2, -0.15) is 5.26 Å². The zero-order valence-corrected chi connectivity index (χ0v) is 8.20. The Morgan fingerprint density at radius 2 is 2.21 bits per heavy atom. The number of nitrogens with two attached hydrogens (primary N) is 1. The van der Waals surface area contributed by atoms with E-state index < -0.39 is 0 Å². The molecule has 0 saturated carbocycles. The molecule has 0 aromatic heterocycles. The number of hydrogen-bond acceptors (Lipinski definition) is 2. The second-order valence-corrected chi connectivity index (χ2v) is 3.08. The van der Waals surface area contributed by atoms with Crippen molar-refractivity contribution in [3.05, 3.63) is 29.3 Å². The first-order valence-electron chi connectivity index (χ1n) is 4.14. The van der Waals surface area contributed by atoms with Crippen molar-refractivity contribution in [1.82, 2.24) is 0 Å². The van der Waals surface area contributed by atoms with Gasteiger partial charge in [-0.1, -0.05) is 6.07 Å². The predicted molar refractivity (Wildman–Crippen MR) is 56.2 cm³/mol. The Morgan fingerprint density at radius 1 is 1.57 bits per heavy atom. The average molecular weight is 188 g/mol. The van der Waals surface area contributed by atoms with Crippen LogP contribution in [-0.4, -0.2) is 13.0 Å². The maximum absolute atomic E-state index is 8.89. The van der Waals surface area contributed by atoms with E-state index in [-0.39, 0.29) is 5.96 Å². The van der Waals surface area contributed by atoms with Crippen molar-refractivity contribution in [3.63, 3.8) is 0 Å². The lowest BCUT2D eigenvalue weighted by molar-refractivity contribution is 1.18. The SMILES string of the molecule is Cc1ccc(N(C)C(=N)N)c(C#N)c1. The van der Waals surface area contributed by atoms with Crippen LogP contribution in [0.5, 0.6) is 0 Å². The number of aryl methyl sites for hydroxylation is 1. The van der Waals surface area contributed by atoms with E-state index in [4.69, 9.17) is 16.4 Å². The van der Waals surface area contributed by atoms with Crippen molar-refractivity contribution in [2.45, 2.75) is 6.92 Å². The van der Waals surface area contributed by atoms with Gasteiger partial charge in [0.15, 0.2) is 5.96 Å². The van der Waals surface area contributed by atoms with Crippen LogP contribution in [0.2, 0.25) is 0 Å². The van der Waals surface area contributed by atoms with Gasteiger partial charge in [-0.25, -0.2) is 0 Å². The Balaban J connectivity index is 3.22. The molecule has 3 N–H and O–H groups in total. The summed E-state index contributed by atoms with van der Waals surface area (Å²) in [5.74, 6) is -0.0784. The first kappa shape index (κ1) is 10.1. The van der Waals surface area contributed by atoms with Gasteiger partial charge >= 0.3 is 0 Å². The van der Waals surface area contributed by atoms with E-state index in [1.165, 1.54) is 4.90 Å². The zero-order valence-electron chi connectivity index (χ0n) is 8.20. The summed E-state index contributed by atoms with van der Waals surface area (Å²) >= 11 is 0. The molecule has 0 bridgehead atoms. The van der Waals surface area contributed by atoms with Crippen LogP contribution in [-0.2, 0) is 0 Å². The Hall–Kier alpha value is -2.02. The fourth-order valence-corrected chi connectivity index (χ4v) is 1.16. The number of nitrogens with zero attached hydrogens (tertiary/aromatic N) is 2. The third-order valence-corrected chi connectivity index (χ3v) is 2.00. The van der Waals surface area contributed by atoms with Crippen LogP contribution in [0, 0.1) is 23.7 Å². The molecule has 1 rings (SSSR count). The van der Waals surface area contributed by atoms with Crippen LogP contribution in [0.3, 0.4) is 0 Å². The molecule has 4 nitrogen and oxygen atoms in total. The molecule has 0 radical (unpaired) electrons. The molecule has 0 atom stereocenters. The Labute approximate surface area is 83.1 Å². The molecule has 0 unspecified atom stereocenters. The largest absolute Gasteiger partial charge is 0.370 e. The van der Waals surface area contributed by atoms with Crippen molar-refractivity contribution in [3.8, 4) is 6.07 Å². The zero-order chi connectivity index (χ0) is 10.7. The molecule has 0 aliphatic rings. The molecular weight excluding hydrogens is 176 g/mol. The van der Waals surface area contributed by atoms with E-state index in [1.54, 1.807) is 19.2 Å². The van der Waals surface area contributed by atoms with Crippen molar-refractivity contribution in [2.75, 3.05) is 11.9 Å². The average Bonchev–Trinajstić information content (AvgIpc) is 2.16. The lowest BCUT2D eigenvalue weighted by Crippen LogP contribution is -2.33. The molecule has 14 heavy (non-hydrogen) atoms. The molecule has 0 spiro atoms. The van der Waals surface area contributed by atoms with Gasteiger partial charge in [0, 0.05) is 7.05 Å². The fourth-order valence-electron chi connectivity index (χ4n) is 1.16. The van der Waals surface area contributed by atoms with Crippen LogP contribution in [0.15, 0.2) is 18.2 Å². The molecule has 0 saturated heterocycles. The number of nitriles is 1. The summed E-state index contributed by atoms with van der Waals surface area (Å²) in [5.41, 5.74) is 7.53. The summed E-state index contributed by atoms with van der Waals surface area (Å²) in [6.45, 7) is 1.92. The Morgan fingerprint density at radius 3 is 2.71 bits per heavy atom. The smallest absolute Gasteiger partial charge is 0.192 e. The molecule has 0 fully saturated rings. The second-order valence-electron chi connectivity index (χ2n) is 3.08. The number of nitrogens with one attached hydrogen (secondary N) is 1. The Kier molecular flexibility index (Phi) is 2.73. The minimum Gasteiger partial charge on any atom is -0.370 e. The van der Waals surface area contributed by atoms with E-state index in [9.17, 15) is 0 Å². The summed E-state index contributed by atoms with van der Waals surface area (Å²) in [6.07, 6.45) is 0. The maximum atomic E-state index is 8.89. The van der Waals surface area contributed by atoms with Gasteiger partial charge < -0.3 is 10.6 Å². The first-order valence-corrected chi connectivity index (χ1v) is 4.14. The van der Waals surface area contributed by atoms with Crippen LogP contribution in [0.1, 0.15) is 11.1 Å². The lowest BCUT2D eigenvalue weighted by Gasteiger charge is -2.18. The van der Waals surface area contributed by atoms with Gasteiger partial charge in [-0.05, 0) is 24.6 Å². The minimum absolute atomic E-state index is 0.0784. The highest BCUT2D eigenvalue weighted by Gasteiger charge is 2.08. The highest BCUT2D eigenvalue weighted by atomic mass is 15.2. The molecule has 1 aromatic carbocycles. The third kappa shape index (κ3) is 1.83. The second kappa shape index (κ2) is 3.79. The standard InChI is InChI=1S/C10H12N4/c1-7-3-4-9(8(5-7)6-11)14(2)10(12)13/h3-5H,1-2H3,(H3,12,13). The predicted octanol–water partition coefficient (Wildman–Crippen LogP) is 1.20. The normalized spacial score (nSPS) is 9.21. The molecular formula is C10H12N4. The van der Waals surface area contributed by atoms with E-state index >= 15 is 0 Å². The van der Waals surface area contributed by atoms with Gasteiger partial charge in [-0.3, -0.25) is 5.41 Å². The van der Waals surface area contributed by atoms with Crippen LogP contribution in [0.25, 0.3) is 0 Å². The number of anilines is 1. The number of rotatable bonds is 1. The van der Waals surface area contributed by atoms with Crippen molar-refractivity contribution >= 4 is 11.6 Å². The molecule has 0 heterocycles. The van der Waals surface area contributed by atoms with Crippen LogP contribution >= 0.6 is 0 Å². The molecule has 1 aromatic rings. The van der Waals surface area contributed by atoms with Gasteiger partial charge in [0.05, 0.1) is 11.3 Å². The van der Waals surface area contributed by atoms with E-state index in [0.29, 0.717) is 11.3 Å². The van der Waals surface area contributed by atoms with Crippen molar-refractivity contribution in [2.24, 2.45) is 5.73 Å². The van der Waals surface area contributed by atoms with E-state index in [0.717, 1.165) is 5.56 Å². The van der Waals surface area contributed by atoms with Crippen LogP contribution in [0.4, 0.5) is 5.69 Å². The number of guanidine groups is 1. The first-order chi connectivity index (χ1) is 6.56. The maximum Gasteiger partial charge on any atom is 0.192 e. The third-order valence-electron chi connectivity index (χ3n) is 2.00. The number of benzene rings is 1. The van der Waals surface area contributed by atoms with Gasteiger partial charge in [0.25, 0.3) is 0 Å². The fraction of sp³-hybridized carbons (Fsp3) is 0.200. The lowest BCUT2D eigenvalue weighted by atomic mass is 10.1. The highest BCUT2D eigenvalue weighted by Crippen LogP contribution is 2.19. The van der Waals surface area contributed by atoms with Gasteiger partial charge in [-0.15, -0.1) is 0 Å². The van der Waals surface area contributed by atoms with E-state index in [1.807, 2.05) is 13.0 Å². The molecule has 4 heteroatoms. The van der Waals surface area contributed by atoms with Gasteiger partial charge in [0.1, 0.15) is 6.07 Å². The summed E-state index contributed by atoms with van der Waals surface area (Å²) in [7, 11) is 1.66. The van der Waals surface area contributed by atoms with Gasteiger partial charge in [0.2, 0.25) is 0 Å². The highest BCUT2D eigenvalue weighted by molar-refractivity contribution is 5.93. The summed E-state index contributed by atoms with van der Waals surface area (Å²) in [5, 5.41) is 16.1. The summed E-state index contributed by atoms with van der Waals surface area (Å²) in [6, 6.07) is 7.52. The van der Waals surface area contributed by atoms with E-state index in [2.05, 4.69) is 6.07 Å². The Bertz CT molecular complexity index is 403. The summed E-state index contributed by atoms with van der Waals surface area (Å²) < 4.78 is 0.